The van der Waals surface area contributed by atoms with Crippen molar-refractivity contribution in [2.45, 2.75) is 71.3 Å². The highest BCUT2D eigenvalue weighted by Crippen LogP contribution is 2.29. The Morgan fingerprint density at radius 2 is 2.06 bits per heavy atom. The number of carbonyl (C=O) groups is 1. The molecule has 0 aromatic carbocycles. The highest BCUT2D eigenvalue weighted by Gasteiger charge is 2.30. The summed E-state index contributed by atoms with van der Waals surface area (Å²) >= 11 is 0. The average molecular weight is 254 g/mol. The fourth-order valence-corrected chi connectivity index (χ4v) is 2.96. The molecule has 0 bridgehead atoms. The van der Waals surface area contributed by atoms with Crippen LogP contribution in [0, 0.1) is 11.8 Å². The second-order valence-electron chi connectivity index (χ2n) is 5.79. The van der Waals surface area contributed by atoms with Crippen LogP contribution >= 0.6 is 0 Å². The molecule has 3 atom stereocenters. The molecule has 1 rings (SSSR count). The Morgan fingerprint density at radius 3 is 2.72 bits per heavy atom. The van der Waals surface area contributed by atoms with Crippen LogP contribution in [0.25, 0.3) is 0 Å². The van der Waals surface area contributed by atoms with Crippen molar-refractivity contribution < 1.29 is 4.79 Å². The Balaban J connectivity index is 2.33. The standard InChI is InChI=1S/C15H30N2O/c1-3-4-5-8-12(2)17-15(18)14-10-7-6-9-13(14)11-16/h12-14H,3-11,16H2,1-2H3,(H,17,18). The van der Waals surface area contributed by atoms with Crippen LogP contribution in [0.1, 0.15) is 65.2 Å². The van der Waals surface area contributed by atoms with Crippen molar-refractivity contribution in [1.29, 1.82) is 0 Å². The highest BCUT2D eigenvalue weighted by molar-refractivity contribution is 5.79. The monoisotopic (exact) mass is 254 g/mol. The van der Waals surface area contributed by atoms with Gasteiger partial charge in [0, 0.05) is 12.0 Å². The van der Waals surface area contributed by atoms with E-state index in [1.807, 2.05) is 0 Å². The summed E-state index contributed by atoms with van der Waals surface area (Å²) in [4.78, 5) is 12.2. The molecule has 0 aliphatic heterocycles. The third-order valence-electron chi connectivity index (χ3n) is 4.18. The van der Waals surface area contributed by atoms with E-state index in [9.17, 15) is 4.79 Å². The van der Waals surface area contributed by atoms with Crippen LogP contribution in [-0.4, -0.2) is 18.5 Å². The Bertz CT molecular complexity index is 243. The fourth-order valence-electron chi connectivity index (χ4n) is 2.96. The number of hydrogen-bond acceptors (Lipinski definition) is 2. The lowest BCUT2D eigenvalue weighted by Gasteiger charge is -2.30. The summed E-state index contributed by atoms with van der Waals surface area (Å²) in [6.45, 7) is 4.98. The maximum Gasteiger partial charge on any atom is 0.223 e. The van der Waals surface area contributed by atoms with Gasteiger partial charge in [-0.15, -0.1) is 0 Å². The van der Waals surface area contributed by atoms with Gasteiger partial charge in [-0.05, 0) is 38.6 Å². The van der Waals surface area contributed by atoms with Crippen LogP contribution in [-0.2, 0) is 4.79 Å². The molecule has 106 valence electrons. The summed E-state index contributed by atoms with van der Waals surface area (Å²) in [6.07, 6.45) is 9.36. The number of nitrogens with two attached hydrogens (primary N) is 1. The number of rotatable bonds is 7. The minimum Gasteiger partial charge on any atom is -0.353 e. The van der Waals surface area contributed by atoms with Crippen molar-refractivity contribution in [3.8, 4) is 0 Å². The molecule has 0 aromatic rings. The van der Waals surface area contributed by atoms with Gasteiger partial charge < -0.3 is 11.1 Å². The van der Waals surface area contributed by atoms with E-state index in [1.165, 1.54) is 32.1 Å². The number of unbranched alkanes of at least 4 members (excludes halogenated alkanes) is 2. The summed E-state index contributed by atoms with van der Waals surface area (Å²) in [5.41, 5.74) is 5.78. The van der Waals surface area contributed by atoms with Gasteiger partial charge in [-0.1, -0.05) is 39.0 Å². The molecule has 0 radical (unpaired) electrons. The van der Waals surface area contributed by atoms with E-state index in [4.69, 9.17) is 5.73 Å². The van der Waals surface area contributed by atoms with Crippen molar-refractivity contribution in [3.63, 3.8) is 0 Å². The minimum atomic E-state index is 0.164. The third kappa shape index (κ3) is 4.97. The maximum absolute atomic E-state index is 12.2. The largest absolute Gasteiger partial charge is 0.353 e. The van der Waals surface area contributed by atoms with Gasteiger partial charge in [-0.2, -0.15) is 0 Å². The molecule has 1 aliphatic rings. The molecule has 0 aromatic heterocycles. The van der Waals surface area contributed by atoms with Gasteiger partial charge in [0.25, 0.3) is 0 Å². The summed E-state index contributed by atoms with van der Waals surface area (Å²) in [6, 6.07) is 0.310. The molecule has 18 heavy (non-hydrogen) atoms. The maximum atomic E-state index is 12.2. The number of amides is 1. The molecular weight excluding hydrogens is 224 g/mol. The van der Waals surface area contributed by atoms with Gasteiger partial charge in [0.2, 0.25) is 5.91 Å². The van der Waals surface area contributed by atoms with Crippen molar-refractivity contribution in [1.82, 2.24) is 5.32 Å². The van der Waals surface area contributed by atoms with Gasteiger partial charge in [0.15, 0.2) is 0 Å². The second kappa shape index (κ2) is 8.52. The van der Waals surface area contributed by atoms with Crippen molar-refractivity contribution in [2.24, 2.45) is 17.6 Å². The van der Waals surface area contributed by atoms with E-state index in [-0.39, 0.29) is 11.8 Å². The number of nitrogens with one attached hydrogen (secondary N) is 1. The van der Waals surface area contributed by atoms with Crippen molar-refractivity contribution in [3.05, 3.63) is 0 Å². The van der Waals surface area contributed by atoms with E-state index in [0.717, 1.165) is 19.3 Å². The molecule has 3 N–H and O–H groups in total. The van der Waals surface area contributed by atoms with E-state index < -0.39 is 0 Å². The summed E-state index contributed by atoms with van der Waals surface area (Å²) in [5, 5.41) is 3.18. The lowest BCUT2D eigenvalue weighted by atomic mass is 9.78. The summed E-state index contributed by atoms with van der Waals surface area (Å²) in [7, 11) is 0. The lowest BCUT2D eigenvalue weighted by molar-refractivity contribution is -0.128. The van der Waals surface area contributed by atoms with Crippen LogP contribution < -0.4 is 11.1 Å². The molecule has 1 aliphatic carbocycles. The van der Waals surface area contributed by atoms with Gasteiger partial charge in [0.05, 0.1) is 0 Å². The van der Waals surface area contributed by atoms with Crippen molar-refractivity contribution >= 4 is 5.91 Å². The molecule has 3 nitrogen and oxygen atoms in total. The third-order valence-corrected chi connectivity index (χ3v) is 4.18. The topological polar surface area (TPSA) is 55.1 Å². The number of carbonyl (C=O) groups excluding carboxylic acids is 1. The van der Waals surface area contributed by atoms with Crippen LogP contribution in [0.4, 0.5) is 0 Å². The normalized spacial score (nSPS) is 25.7. The first-order valence-corrected chi connectivity index (χ1v) is 7.69. The zero-order chi connectivity index (χ0) is 13.4. The molecule has 1 amide bonds. The van der Waals surface area contributed by atoms with Crippen molar-refractivity contribution in [2.75, 3.05) is 6.54 Å². The first kappa shape index (κ1) is 15.5. The zero-order valence-electron chi connectivity index (χ0n) is 12.1. The van der Waals surface area contributed by atoms with E-state index in [1.54, 1.807) is 0 Å². The molecule has 3 unspecified atom stereocenters. The molecule has 0 saturated heterocycles. The first-order chi connectivity index (χ1) is 8.69. The Kier molecular flexibility index (Phi) is 7.33. The van der Waals surface area contributed by atoms with Gasteiger partial charge in [-0.3, -0.25) is 4.79 Å². The van der Waals surface area contributed by atoms with Gasteiger partial charge in [-0.25, -0.2) is 0 Å². The predicted octanol–water partition coefficient (Wildman–Crippen LogP) is 2.84. The quantitative estimate of drug-likeness (QED) is 0.686. The smallest absolute Gasteiger partial charge is 0.223 e. The summed E-state index contributed by atoms with van der Waals surface area (Å²) < 4.78 is 0. The lowest BCUT2D eigenvalue weighted by Crippen LogP contribution is -2.42. The molecule has 1 saturated carbocycles. The van der Waals surface area contributed by atoms with E-state index in [2.05, 4.69) is 19.2 Å². The average Bonchev–Trinajstić information content (AvgIpc) is 2.39. The Hall–Kier alpha value is -0.570. The zero-order valence-corrected chi connectivity index (χ0v) is 12.1. The Morgan fingerprint density at radius 1 is 1.33 bits per heavy atom. The van der Waals surface area contributed by atoms with Crippen LogP contribution in [0.3, 0.4) is 0 Å². The SMILES string of the molecule is CCCCCC(C)NC(=O)C1CCCCC1CN. The second-order valence-corrected chi connectivity index (χ2v) is 5.79. The van der Waals surface area contributed by atoms with E-state index >= 15 is 0 Å². The van der Waals surface area contributed by atoms with Crippen LogP contribution in [0.5, 0.6) is 0 Å². The van der Waals surface area contributed by atoms with E-state index in [0.29, 0.717) is 18.5 Å². The molecule has 3 heteroatoms. The minimum absolute atomic E-state index is 0.164. The molecule has 0 spiro atoms. The molecular formula is C15H30N2O. The Labute approximate surface area is 112 Å². The predicted molar refractivity (Wildman–Crippen MR) is 76.2 cm³/mol. The van der Waals surface area contributed by atoms with Crippen LogP contribution in [0.2, 0.25) is 0 Å². The fraction of sp³-hybridized carbons (Fsp3) is 0.933. The van der Waals surface area contributed by atoms with Crippen LogP contribution in [0.15, 0.2) is 0 Å². The molecule has 1 fully saturated rings. The number of hydrogen-bond donors (Lipinski definition) is 2. The highest BCUT2D eigenvalue weighted by atomic mass is 16.1. The first-order valence-electron chi connectivity index (χ1n) is 7.69. The summed E-state index contributed by atoms with van der Waals surface area (Å²) in [5.74, 6) is 0.813. The molecule has 0 heterocycles. The van der Waals surface area contributed by atoms with Gasteiger partial charge in [0.1, 0.15) is 0 Å². The van der Waals surface area contributed by atoms with Gasteiger partial charge >= 0.3 is 0 Å².